The van der Waals surface area contributed by atoms with E-state index in [4.69, 9.17) is 15.0 Å². The van der Waals surface area contributed by atoms with Gasteiger partial charge in [-0.15, -0.1) is 0 Å². The van der Waals surface area contributed by atoms with Gasteiger partial charge in [0.1, 0.15) is 0 Å². The van der Waals surface area contributed by atoms with E-state index in [1.165, 1.54) is 64.2 Å². The van der Waals surface area contributed by atoms with Crippen molar-refractivity contribution >= 4 is 18.5 Å². The van der Waals surface area contributed by atoms with Crippen molar-refractivity contribution in [1.82, 2.24) is 9.97 Å². The quantitative estimate of drug-likeness (QED) is 0.258. The Morgan fingerprint density at radius 2 is 1.03 bits per heavy atom. The summed E-state index contributed by atoms with van der Waals surface area (Å²) in [5, 5.41) is 0. The van der Waals surface area contributed by atoms with E-state index in [1.54, 1.807) is 0 Å². The maximum Gasteiger partial charge on any atom is 0.498 e. The molecule has 0 radical (unpaired) electrons. The van der Waals surface area contributed by atoms with Crippen molar-refractivity contribution in [3.8, 4) is 0 Å². The van der Waals surface area contributed by atoms with Gasteiger partial charge in [0.25, 0.3) is 0 Å². The van der Waals surface area contributed by atoms with E-state index in [1.807, 2.05) is 0 Å². The summed E-state index contributed by atoms with van der Waals surface area (Å²) in [5.41, 5.74) is 8.49. The first-order chi connectivity index (χ1) is 15.2. The molecule has 0 spiro atoms. The second-order valence-electron chi connectivity index (χ2n) is 10.5. The van der Waals surface area contributed by atoms with Crippen molar-refractivity contribution in [3.63, 3.8) is 0 Å². The number of nitrogens with zero attached hydrogens (tertiary/aromatic N) is 2. The Morgan fingerprint density at radius 1 is 0.656 bits per heavy atom. The lowest BCUT2D eigenvalue weighted by molar-refractivity contribution is 0.00578. The highest BCUT2D eigenvalue weighted by molar-refractivity contribution is 6.63. The molecule has 0 atom stereocenters. The van der Waals surface area contributed by atoms with Crippen molar-refractivity contribution in [2.45, 2.75) is 143 Å². The fourth-order valence-electron chi connectivity index (χ4n) is 4.35. The highest BCUT2D eigenvalue weighted by atomic mass is 16.7. The number of unbranched alkanes of at least 4 members (excludes halogenated alkanes) is 10. The Kier molecular flexibility index (Phi) is 11.0. The summed E-state index contributed by atoms with van der Waals surface area (Å²) in [5.74, 6) is 0.382. The molecule has 0 bridgehead atoms. The van der Waals surface area contributed by atoms with Gasteiger partial charge in [0, 0.05) is 16.9 Å². The summed E-state index contributed by atoms with van der Waals surface area (Å²) in [6, 6.07) is 0. The molecule has 1 fully saturated rings. The monoisotopic (exact) mass is 445 g/mol. The molecule has 5 nitrogen and oxygen atoms in total. The minimum atomic E-state index is -0.425. The van der Waals surface area contributed by atoms with Crippen LogP contribution >= 0.6 is 0 Å². The fourth-order valence-corrected chi connectivity index (χ4v) is 4.35. The largest absolute Gasteiger partial charge is 0.498 e. The van der Waals surface area contributed by atoms with Crippen LogP contribution in [0.25, 0.3) is 0 Å². The van der Waals surface area contributed by atoms with E-state index in [-0.39, 0.29) is 11.2 Å². The molecular weight excluding hydrogens is 397 g/mol. The molecule has 1 aromatic rings. The molecule has 2 rings (SSSR count). The normalized spacial score (nSPS) is 17.2. The Labute approximate surface area is 197 Å². The van der Waals surface area contributed by atoms with Crippen LogP contribution in [0.1, 0.15) is 130 Å². The first-order valence-electron chi connectivity index (χ1n) is 13.2. The first-order valence-corrected chi connectivity index (χ1v) is 13.2. The predicted octanol–water partition coefficient (Wildman–Crippen LogP) is 6.16. The van der Waals surface area contributed by atoms with Crippen LogP contribution in [0, 0.1) is 0 Å². The summed E-state index contributed by atoms with van der Waals surface area (Å²) in [6.45, 7) is 12.9. The summed E-state index contributed by atoms with van der Waals surface area (Å²) < 4.78 is 12.9. The Morgan fingerprint density at radius 3 is 1.44 bits per heavy atom. The van der Waals surface area contributed by atoms with Gasteiger partial charge in [-0.25, -0.2) is 9.97 Å². The number of rotatable bonds is 15. The van der Waals surface area contributed by atoms with Crippen molar-refractivity contribution in [2.75, 3.05) is 5.73 Å². The first kappa shape index (κ1) is 27.1. The van der Waals surface area contributed by atoms with Gasteiger partial charge < -0.3 is 15.0 Å². The van der Waals surface area contributed by atoms with E-state index >= 15 is 0 Å². The fraction of sp³-hybridized carbons (Fsp3) is 0.846. The molecule has 182 valence electrons. The molecule has 32 heavy (non-hydrogen) atoms. The molecule has 1 saturated heterocycles. The molecule has 1 aliphatic rings. The number of anilines is 1. The number of aryl methyl sites for hydroxylation is 2. The zero-order valence-corrected chi connectivity index (χ0v) is 21.8. The highest BCUT2D eigenvalue weighted by Gasteiger charge is 2.53. The zero-order valence-electron chi connectivity index (χ0n) is 21.8. The smallest absolute Gasteiger partial charge is 0.399 e. The molecule has 2 N–H and O–H groups in total. The molecule has 1 aromatic heterocycles. The summed E-state index contributed by atoms with van der Waals surface area (Å²) in [4.78, 5) is 9.37. The predicted molar refractivity (Wildman–Crippen MR) is 136 cm³/mol. The lowest BCUT2D eigenvalue weighted by Crippen LogP contribution is -2.41. The number of hydrogen-bond donors (Lipinski definition) is 1. The lowest BCUT2D eigenvalue weighted by atomic mass is 9.74. The van der Waals surface area contributed by atoms with Crippen molar-refractivity contribution in [2.24, 2.45) is 0 Å². The van der Waals surface area contributed by atoms with Gasteiger partial charge in [0.05, 0.1) is 11.2 Å². The third-order valence-electron chi connectivity index (χ3n) is 7.14. The third-order valence-corrected chi connectivity index (χ3v) is 7.14. The maximum atomic E-state index is 6.45. The lowest BCUT2D eigenvalue weighted by Gasteiger charge is -2.32. The second-order valence-corrected chi connectivity index (χ2v) is 10.5. The van der Waals surface area contributed by atoms with Crippen LogP contribution in [0.4, 0.5) is 5.95 Å². The third kappa shape index (κ3) is 7.72. The highest BCUT2D eigenvalue weighted by Crippen LogP contribution is 2.37. The van der Waals surface area contributed by atoms with E-state index in [9.17, 15) is 0 Å². The van der Waals surface area contributed by atoms with Gasteiger partial charge in [-0.05, 0) is 53.4 Å². The number of aromatic nitrogens is 2. The molecular formula is C26H48BN3O2. The van der Waals surface area contributed by atoms with Crippen molar-refractivity contribution < 1.29 is 9.31 Å². The average Bonchev–Trinajstić information content (AvgIpc) is 2.93. The zero-order chi connectivity index (χ0) is 23.6. The number of hydrogen-bond acceptors (Lipinski definition) is 5. The summed E-state index contributed by atoms with van der Waals surface area (Å²) in [7, 11) is -0.425. The van der Waals surface area contributed by atoms with Crippen LogP contribution < -0.4 is 11.2 Å². The minimum Gasteiger partial charge on any atom is -0.399 e. The van der Waals surface area contributed by atoms with Gasteiger partial charge >= 0.3 is 7.12 Å². The molecule has 2 heterocycles. The van der Waals surface area contributed by atoms with Crippen molar-refractivity contribution in [3.05, 3.63) is 11.4 Å². The standard InChI is InChI=1S/C26H48BN3O2/c1-7-9-11-13-15-17-19-21-23(27-31-25(3,4)26(5,6)32-27)22(30-24(28)29-21)20-18-16-14-12-10-8-2/h7-20H2,1-6H3,(H2,28,29,30). The van der Waals surface area contributed by atoms with Crippen LogP contribution in [0.15, 0.2) is 0 Å². The van der Waals surface area contributed by atoms with E-state index < -0.39 is 7.12 Å². The number of nitrogens with two attached hydrogens (primary N) is 1. The summed E-state index contributed by atoms with van der Waals surface area (Å²) >= 11 is 0. The van der Waals surface area contributed by atoms with Crippen LogP contribution in [-0.4, -0.2) is 28.3 Å². The topological polar surface area (TPSA) is 70.3 Å². The molecule has 1 aliphatic heterocycles. The molecule has 0 amide bonds. The van der Waals surface area contributed by atoms with Crippen LogP contribution in [0.3, 0.4) is 0 Å². The average molecular weight is 446 g/mol. The van der Waals surface area contributed by atoms with Gasteiger partial charge in [-0.2, -0.15) is 0 Å². The van der Waals surface area contributed by atoms with Crippen LogP contribution in [0.2, 0.25) is 0 Å². The molecule has 0 unspecified atom stereocenters. The Balaban J connectivity index is 2.17. The minimum absolute atomic E-state index is 0.381. The van der Waals surface area contributed by atoms with Crippen molar-refractivity contribution in [1.29, 1.82) is 0 Å². The van der Waals surface area contributed by atoms with Gasteiger partial charge in [-0.3, -0.25) is 0 Å². The van der Waals surface area contributed by atoms with Gasteiger partial charge in [0.2, 0.25) is 5.95 Å². The Hall–Kier alpha value is -1.14. The van der Waals surface area contributed by atoms with Crippen LogP contribution in [-0.2, 0) is 22.2 Å². The SMILES string of the molecule is CCCCCCCCc1nc(N)nc(CCCCCCCC)c1B1OC(C)(C)C(C)(C)O1. The molecule has 0 aliphatic carbocycles. The molecule has 6 heteroatoms. The van der Waals surface area contributed by atoms with E-state index in [0.717, 1.165) is 42.5 Å². The number of nitrogen functional groups attached to an aromatic ring is 1. The molecule has 0 saturated carbocycles. The Bertz CT molecular complexity index is 641. The van der Waals surface area contributed by atoms with E-state index in [2.05, 4.69) is 51.5 Å². The van der Waals surface area contributed by atoms with Gasteiger partial charge in [-0.1, -0.05) is 78.1 Å². The van der Waals surface area contributed by atoms with E-state index in [0.29, 0.717) is 5.95 Å². The summed E-state index contributed by atoms with van der Waals surface area (Å²) in [6.07, 6.45) is 16.9. The molecule has 0 aromatic carbocycles. The maximum absolute atomic E-state index is 6.45. The van der Waals surface area contributed by atoms with Gasteiger partial charge in [0.15, 0.2) is 0 Å². The van der Waals surface area contributed by atoms with Crippen LogP contribution in [0.5, 0.6) is 0 Å². The second kappa shape index (κ2) is 12.9.